The monoisotopic (exact) mass is 388 g/mol. The van der Waals surface area contributed by atoms with Gasteiger partial charge in [-0.15, -0.1) is 5.10 Å². The van der Waals surface area contributed by atoms with Gasteiger partial charge in [-0.25, -0.2) is 10.4 Å². The molecule has 4 aromatic rings. The Bertz CT molecular complexity index is 1150. The fourth-order valence-corrected chi connectivity index (χ4v) is 2.99. The van der Waals surface area contributed by atoms with Crippen molar-refractivity contribution in [3.63, 3.8) is 0 Å². The lowest BCUT2D eigenvalue weighted by atomic mass is 10.1. The van der Waals surface area contributed by atoms with E-state index in [0.29, 0.717) is 11.8 Å². The molecule has 0 unspecified atom stereocenters. The molecule has 2 aromatic heterocycles. The van der Waals surface area contributed by atoms with E-state index >= 15 is 0 Å². The number of hydrogen-bond acceptors (Lipinski definition) is 7. The smallest absolute Gasteiger partial charge is 0.247 e. The third kappa shape index (κ3) is 3.66. The van der Waals surface area contributed by atoms with Gasteiger partial charge in [0.25, 0.3) is 0 Å². The Hall–Kier alpha value is -4.11. The van der Waals surface area contributed by atoms with Crippen molar-refractivity contribution >= 4 is 23.1 Å². The molecule has 0 aliphatic heterocycles. The Morgan fingerprint density at radius 1 is 1.07 bits per heavy atom. The molecule has 2 aromatic carbocycles. The molecule has 29 heavy (non-hydrogen) atoms. The number of nitrogens with two attached hydrogens (primary N) is 2. The van der Waals surface area contributed by atoms with E-state index in [1.807, 2.05) is 66.9 Å². The SMILES string of the molecule is COc1ccc(-c2cccn3nc(Nc4ccc(/C(=N/N)NN)cc4)nc23)cc1. The number of anilines is 2. The first-order valence-electron chi connectivity index (χ1n) is 8.83. The molecule has 0 radical (unpaired) electrons. The van der Waals surface area contributed by atoms with E-state index in [9.17, 15) is 0 Å². The van der Waals surface area contributed by atoms with E-state index in [2.05, 4.69) is 25.9 Å². The molecule has 0 saturated heterocycles. The first-order valence-corrected chi connectivity index (χ1v) is 8.83. The average molecular weight is 388 g/mol. The number of rotatable bonds is 5. The number of hydrogen-bond donors (Lipinski definition) is 4. The molecule has 0 amide bonds. The number of methoxy groups -OCH3 is 1. The number of pyridine rings is 1. The number of nitrogens with zero attached hydrogens (tertiary/aromatic N) is 4. The molecule has 9 nitrogen and oxygen atoms in total. The third-order valence-electron chi connectivity index (χ3n) is 4.44. The maximum atomic E-state index is 5.39. The molecule has 0 spiro atoms. The van der Waals surface area contributed by atoms with Crippen molar-refractivity contribution < 1.29 is 4.74 Å². The summed E-state index contributed by atoms with van der Waals surface area (Å²) < 4.78 is 6.98. The van der Waals surface area contributed by atoms with Gasteiger partial charge in [0.05, 0.1) is 7.11 Å². The van der Waals surface area contributed by atoms with Crippen LogP contribution >= 0.6 is 0 Å². The van der Waals surface area contributed by atoms with Crippen molar-refractivity contribution in [2.24, 2.45) is 16.8 Å². The predicted octanol–water partition coefficient (Wildman–Crippen LogP) is 2.23. The van der Waals surface area contributed by atoms with Crippen LogP contribution in [0.25, 0.3) is 16.8 Å². The van der Waals surface area contributed by atoms with Crippen LogP contribution in [0.1, 0.15) is 5.56 Å². The molecular formula is C20H20N8O. The Morgan fingerprint density at radius 2 is 1.83 bits per heavy atom. The summed E-state index contributed by atoms with van der Waals surface area (Å²) in [6, 6.07) is 19.2. The molecule has 0 saturated carbocycles. The van der Waals surface area contributed by atoms with Crippen LogP contribution in [0.5, 0.6) is 5.75 Å². The minimum Gasteiger partial charge on any atom is -0.497 e. The summed E-state index contributed by atoms with van der Waals surface area (Å²) in [6.07, 6.45) is 1.86. The first kappa shape index (κ1) is 18.3. The fraction of sp³-hybridized carbons (Fsp3) is 0.0500. The van der Waals surface area contributed by atoms with Gasteiger partial charge in [0, 0.05) is 23.0 Å². The van der Waals surface area contributed by atoms with E-state index in [1.54, 1.807) is 11.6 Å². The molecule has 0 bridgehead atoms. The van der Waals surface area contributed by atoms with Crippen LogP contribution < -0.4 is 27.2 Å². The second-order valence-corrected chi connectivity index (χ2v) is 6.18. The molecular weight excluding hydrogens is 368 g/mol. The minimum absolute atomic E-state index is 0.395. The number of hydrazine groups is 1. The van der Waals surface area contributed by atoms with Gasteiger partial charge < -0.3 is 21.3 Å². The number of ether oxygens (including phenoxy) is 1. The second kappa shape index (κ2) is 7.87. The topological polar surface area (TPSA) is 128 Å². The average Bonchev–Trinajstić information content (AvgIpc) is 3.18. The molecule has 146 valence electrons. The number of hydrazone groups is 1. The number of nitrogens with one attached hydrogen (secondary N) is 2. The highest BCUT2D eigenvalue weighted by atomic mass is 16.5. The van der Waals surface area contributed by atoms with Crippen LogP contribution in [0.2, 0.25) is 0 Å². The number of amidine groups is 1. The molecule has 0 aliphatic rings. The summed E-state index contributed by atoms with van der Waals surface area (Å²) in [6.45, 7) is 0. The highest BCUT2D eigenvalue weighted by Gasteiger charge is 2.10. The maximum absolute atomic E-state index is 5.39. The summed E-state index contributed by atoms with van der Waals surface area (Å²) in [5.74, 6) is 12.4. The quantitative estimate of drug-likeness (QED) is 0.179. The summed E-state index contributed by atoms with van der Waals surface area (Å²) in [4.78, 5) is 4.65. The standard InChI is InChI=1S/C20H20N8O/c1-29-16-10-6-13(7-11-16)17-3-2-12-28-19(17)24-20(27-28)23-15-8-4-14(5-9-15)18(25-21)26-22/h2-12H,21-22H2,1H3,(H,23,27)(H,25,26). The summed E-state index contributed by atoms with van der Waals surface area (Å²) in [7, 11) is 1.65. The van der Waals surface area contributed by atoms with Gasteiger partial charge in [0.1, 0.15) is 5.75 Å². The van der Waals surface area contributed by atoms with Crippen LogP contribution in [0.3, 0.4) is 0 Å². The zero-order valence-corrected chi connectivity index (χ0v) is 15.7. The third-order valence-corrected chi connectivity index (χ3v) is 4.44. The van der Waals surface area contributed by atoms with E-state index in [1.165, 1.54) is 0 Å². The lowest BCUT2D eigenvalue weighted by Crippen LogP contribution is -2.31. The molecule has 4 rings (SSSR count). The van der Waals surface area contributed by atoms with Gasteiger partial charge in [0.15, 0.2) is 11.5 Å². The summed E-state index contributed by atoms with van der Waals surface area (Å²) in [5, 5.41) is 11.3. The van der Waals surface area contributed by atoms with Crippen molar-refractivity contribution in [1.82, 2.24) is 20.0 Å². The van der Waals surface area contributed by atoms with E-state index in [0.717, 1.165) is 33.8 Å². The van der Waals surface area contributed by atoms with Crippen LogP contribution in [0.4, 0.5) is 11.6 Å². The van der Waals surface area contributed by atoms with Gasteiger partial charge >= 0.3 is 0 Å². The number of aromatic nitrogens is 3. The van der Waals surface area contributed by atoms with Crippen LogP contribution in [0, 0.1) is 0 Å². The van der Waals surface area contributed by atoms with Crippen molar-refractivity contribution in [1.29, 1.82) is 0 Å². The van der Waals surface area contributed by atoms with Crippen LogP contribution in [0.15, 0.2) is 72.0 Å². The molecule has 6 N–H and O–H groups in total. The van der Waals surface area contributed by atoms with Gasteiger partial charge in [-0.1, -0.05) is 12.1 Å². The highest BCUT2D eigenvalue weighted by molar-refractivity contribution is 5.98. The van der Waals surface area contributed by atoms with Crippen LogP contribution in [-0.2, 0) is 0 Å². The van der Waals surface area contributed by atoms with E-state index < -0.39 is 0 Å². The van der Waals surface area contributed by atoms with Gasteiger partial charge in [-0.2, -0.15) is 10.1 Å². The largest absolute Gasteiger partial charge is 0.497 e. The lowest BCUT2D eigenvalue weighted by Gasteiger charge is -2.06. The molecule has 0 aliphatic carbocycles. The zero-order chi connectivity index (χ0) is 20.2. The first-order chi connectivity index (χ1) is 14.2. The van der Waals surface area contributed by atoms with Crippen LogP contribution in [-0.4, -0.2) is 27.5 Å². The summed E-state index contributed by atoms with van der Waals surface area (Å²) >= 11 is 0. The van der Waals surface area contributed by atoms with E-state index in [-0.39, 0.29) is 0 Å². The highest BCUT2D eigenvalue weighted by Crippen LogP contribution is 2.26. The predicted molar refractivity (Wildman–Crippen MR) is 113 cm³/mol. The molecule has 0 atom stereocenters. The van der Waals surface area contributed by atoms with Crippen molar-refractivity contribution in [2.75, 3.05) is 12.4 Å². The van der Waals surface area contributed by atoms with Gasteiger partial charge in [-0.3, -0.25) is 0 Å². The van der Waals surface area contributed by atoms with Crippen molar-refractivity contribution in [2.45, 2.75) is 0 Å². The number of benzene rings is 2. The Labute approximate surface area is 167 Å². The van der Waals surface area contributed by atoms with E-state index in [4.69, 9.17) is 16.4 Å². The minimum atomic E-state index is 0.395. The maximum Gasteiger partial charge on any atom is 0.247 e. The molecule has 2 heterocycles. The number of fused-ring (bicyclic) bond motifs is 1. The Morgan fingerprint density at radius 3 is 2.48 bits per heavy atom. The normalized spacial score (nSPS) is 11.4. The van der Waals surface area contributed by atoms with Crippen molar-refractivity contribution in [3.8, 4) is 16.9 Å². The van der Waals surface area contributed by atoms with Crippen molar-refractivity contribution in [3.05, 3.63) is 72.4 Å². The molecule has 0 fully saturated rings. The Balaban J connectivity index is 1.62. The van der Waals surface area contributed by atoms with Gasteiger partial charge in [-0.05, 0) is 54.1 Å². The summed E-state index contributed by atoms with van der Waals surface area (Å²) in [5.41, 5.74) is 6.80. The lowest BCUT2D eigenvalue weighted by molar-refractivity contribution is 0.415. The zero-order valence-electron chi connectivity index (χ0n) is 15.7. The fourth-order valence-electron chi connectivity index (χ4n) is 2.99. The Kier molecular flexibility index (Phi) is 4.95. The molecule has 9 heteroatoms. The second-order valence-electron chi connectivity index (χ2n) is 6.18. The van der Waals surface area contributed by atoms with Gasteiger partial charge in [0.2, 0.25) is 5.95 Å².